The highest BCUT2D eigenvalue weighted by Crippen LogP contribution is 2.25. The number of alkyl halides is 3. The lowest BCUT2D eigenvalue weighted by Crippen LogP contribution is -2.56. The molecule has 0 aliphatic carbocycles. The van der Waals surface area contributed by atoms with Crippen molar-refractivity contribution in [2.75, 3.05) is 32.7 Å². The highest BCUT2D eigenvalue weighted by molar-refractivity contribution is 14.0. The number of aromatic nitrogens is 1. The zero-order valence-corrected chi connectivity index (χ0v) is 18.5. The molecule has 1 aromatic heterocycles. The lowest BCUT2D eigenvalue weighted by Gasteiger charge is -2.39. The second-order valence-corrected chi connectivity index (χ2v) is 6.94. The van der Waals surface area contributed by atoms with Crippen molar-refractivity contribution in [1.82, 2.24) is 20.1 Å². The van der Waals surface area contributed by atoms with Crippen molar-refractivity contribution in [2.45, 2.75) is 46.0 Å². The maximum absolute atomic E-state index is 12.9. The first-order valence-corrected chi connectivity index (χ1v) is 9.50. The van der Waals surface area contributed by atoms with Gasteiger partial charge in [-0.3, -0.25) is 4.90 Å². The van der Waals surface area contributed by atoms with E-state index in [2.05, 4.69) is 22.2 Å². The molecule has 10 heteroatoms. The summed E-state index contributed by atoms with van der Waals surface area (Å²) in [4.78, 5) is 12.6. The second-order valence-electron chi connectivity index (χ2n) is 6.00. The number of halogens is 4. The molecule has 2 heterocycles. The van der Waals surface area contributed by atoms with Gasteiger partial charge >= 0.3 is 6.18 Å². The van der Waals surface area contributed by atoms with Crippen molar-refractivity contribution < 1.29 is 13.2 Å². The summed E-state index contributed by atoms with van der Waals surface area (Å²) in [5.74, 6) is 0.743. The van der Waals surface area contributed by atoms with Gasteiger partial charge in [0.05, 0.1) is 17.2 Å². The minimum absolute atomic E-state index is 0. The van der Waals surface area contributed by atoms with E-state index in [1.165, 1.54) is 11.8 Å². The smallest absolute Gasteiger partial charge is 0.357 e. The van der Waals surface area contributed by atoms with Crippen molar-refractivity contribution >= 4 is 41.3 Å². The van der Waals surface area contributed by atoms with Gasteiger partial charge in [0.15, 0.2) is 5.96 Å². The Kier molecular flexibility index (Phi) is 9.59. The summed E-state index contributed by atoms with van der Waals surface area (Å²) >= 11 is 1.63. The molecule has 26 heavy (non-hydrogen) atoms. The molecule has 1 fully saturated rings. The number of aryl methyl sites for hydroxylation is 1. The van der Waals surface area contributed by atoms with E-state index in [4.69, 9.17) is 0 Å². The summed E-state index contributed by atoms with van der Waals surface area (Å²) in [5.41, 5.74) is 0.932. The number of guanidine groups is 1. The first kappa shape index (κ1) is 23.4. The molecule has 1 aromatic rings. The number of hydrogen-bond acceptors (Lipinski definition) is 4. The molecular weight excluding hydrogens is 478 g/mol. The van der Waals surface area contributed by atoms with Crippen LogP contribution in [0.4, 0.5) is 13.2 Å². The molecule has 0 saturated carbocycles. The number of piperazine rings is 1. The van der Waals surface area contributed by atoms with Crippen molar-refractivity contribution in [2.24, 2.45) is 4.99 Å². The SMILES string of the molecule is CCNC(=NCc1csc(CC)n1)N1CCN(C(C)C(F)(F)F)CC1.I. The van der Waals surface area contributed by atoms with E-state index < -0.39 is 12.2 Å². The molecule has 0 spiro atoms. The van der Waals surface area contributed by atoms with E-state index >= 15 is 0 Å². The molecule has 150 valence electrons. The van der Waals surface area contributed by atoms with Crippen LogP contribution in [-0.4, -0.2) is 65.7 Å². The Morgan fingerprint density at radius 2 is 1.96 bits per heavy atom. The summed E-state index contributed by atoms with van der Waals surface area (Å²) < 4.78 is 38.6. The molecule has 5 nitrogen and oxygen atoms in total. The van der Waals surface area contributed by atoms with Gasteiger partial charge in [0.1, 0.15) is 6.04 Å². The van der Waals surface area contributed by atoms with Gasteiger partial charge in [0, 0.05) is 38.1 Å². The van der Waals surface area contributed by atoms with Gasteiger partial charge in [0.25, 0.3) is 0 Å². The molecule has 2 rings (SSSR count). The van der Waals surface area contributed by atoms with Crippen LogP contribution in [0.2, 0.25) is 0 Å². The lowest BCUT2D eigenvalue weighted by molar-refractivity contribution is -0.181. The van der Waals surface area contributed by atoms with Crippen LogP contribution in [0.15, 0.2) is 10.4 Å². The third kappa shape index (κ3) is 6.52. The number of rotatable bonds is 5. The fourth-order valence-corrected chi connectivity index (χ4v) is 3.43. The molecule has 0 aromatic carbocycles. The minimum atomic E-state index is -4.18. The zero-order chi connectivity index (χ0) is 18.4. The van der Waals surface area contributed by atoms with E-state index in [1.54, 1.807) is 11.3 Å². The summed E-state index contributed by atoms with van der Waals surface area (Å²) in [6.07, 6.45) is -3.27. The van der Waals surface area contributed by atoms with Gasteiger partial charge in [-0.1, -0.05) is 6.92 Å². The highest BCUT2D eigenvalue weighted by atomic mass is 127. The summed E-state index contributed by atoms with van der Waals surface area (Å²) in [7, 11) is 0. The van der Waals surface area contributed by atoms with Crippen LogP contribution in [0.5, 0.6) is 0 Å². The molecule has 1 unspecified atom stereocenters. The Hall–Kier alpha value is -0.620. The van der Waals surface area contributed by atoms with Gasteiger partial charge < -0.3 is 10.2 Å². The van der Waals surface area contributed by atoms with Crippen LogP contribution in [0, 0.1) is 0 Å². The third-order valence-corrected chi connectivity index (χ3v) is 5.30. The number of thiazole rings is 1. The predicted octanol–water partition coefficient (Wildman–Crippen LogP) is 3.36. The average molecular weight is 505 g/mol. The average Bonchev–Trinajstić information content (AvgIpc) is 3.05. The molecule has 0 bridgehead atoms. The van der Waals surface area contributed by atoms with Crippen LogP contribution < -0.4 is 5.32 Å². The third-order valence-electron chi connectivity index (χ3n) is 4.26. The monoisotopic (exact) mass is 505 g/mol. The van der Waals surface area contributed by atoms with Crippen LogP contribution in [-0.2, 0) is 13.0 Å². The molecule has 1 atom stereocenters. The van der Waals surface area contributed by atoms with Crippen molar-refractivity contribution in [3.63, 3.8) is 0 Å². The van der Waals surface area contributed by atoms with Crippen molar-refractivity contribution in [3.8, 4) is 0 Å². The van der Waals surface area contributed by atoms with Crippen LogP contribution in [0.3, 0.4) is 0 Å². The fourth-order valence-electron chi connectivity index (χ4n) is 2.69. The molecule has 1 N–H and O–H groups in total. The van der Waals surface area contributed by atoms with Gasteiger partial charge in [-0.2, -0.15) is 13.2 Å². The topological polar surface area (TPSA) is 43.8 Å². The molecule has 0 amide bonds. The quantitative estimate of drug-likeness (QED) is 0.379. The van der Waals surface area contributed by atoms with E-state index in [9.17, 15) is 13.2 Å². The molecule has 0 radical (unpaired) electrons. The van der Waals surface area contributed by atoms with E-state index in [-0.39, 0.29) is 24.0 Å². The number of nitrogens with zero attached hydrogens (tertiary/aromatic N) is 4. The first-order chi connectivity index (χ1) is 11.8. The van der Waals surface area contributed by atoms with Crippen LogP contribution >= 0.6 is 35.3 Å². The Morgan fingerprint density at radius 1 is 1.31 bits per heavy atom. The fraction of sp³-hybridized carbons (Fsp3) is 0.750. The van der Waals surface area contributed by atoms with Crippen molar-refractivity contribution in [1.29, 1.82) is 0 Å². The van der Waals surface area contributed by atoms with Gasteiger partial charge in [-0.15, -0.1) is 35.3 Å². The van der Waals surface area contributed by atoms with Gasteiger partial charge in [-0.25, -0.2) is 9.98 Å². The minimum Gasteiger partial charge on any atom is -0.357 e. The van der Waals surface area contributed by atoms with Gasteiger partial charge in [0.2, 0.25) is 0 Å². The zero-order valence-electron chi connectivity index (χ0n) is 15.3. The summed E-state index contributed by atoms with van der Waals surface area (Å²) in [6.45, 7) is 8.29. The Morgan fingerprint density at radius 3 is 2.46 bits per heavy atom. The molecular formula is C16H27F3IN5S. The molecule has 1 aliphatic rings. The molecule has 1 saturated heterocycles. The second kappa shape index (κ2) is 10.6. The number of nitrogens with one attached hydrogen (secondary N) is 1. The standard InChI is InChI=1S/C16H26F3N5S.HI/c1-4-14-22-13(11-25-14)10-21-15(20-5-2)24-8-6-23(7-9-24)12(3)16(17,18)19;/h11-12H,4-10H2,1-3H3,(H,20,21);1H. The van der Waals surface area contributed by atoms with Crippen LogP contribution in [0.1, 0.15) is 31.5 Å². The summed E-state index contributed by atoms with van der Waals surface area (Å²) in [6, 6.07) is -1.41. The maximum Gasteiger partial charge on any atom is 0.403 e. The van der Waals surface area contributed by atoms with E-state index in [0.29, 0.717) is 32.7 Å². The Labute approximate surface area is 174 Å². The Balaban J connectivity index is 0.00000338. The number of hydrogen-bond donors (Lipinski definition) is 1. The first-order valence-electron chi connectivity index (χ1n) is 8.62. The van der Waals surface area contributed by atoms with Gasteiger partial charge in [-0.05, 0) is 20.3 Å². The lowest BCUT2D eigenvalue weighted by atomic mass is 10.2. The summed E-state index contributed by atoms with van der Waals surface area (Å²) in [5, 5.41) is 6.33. The largest absolute Gasteiger partial charge is 0.403 e. The highest BCUT2D eigenvalue weighted by Gasteiger charge is 2.41. The van der Waals surface area contributed by atoms with E-state index in [1.807, 2.05) is 17.2 Å². The number of aliphatic imine (C=N–C) groups is 1. The Bertz CT molecular complexity index is 570. The predicted molar refractivity (Wildman–Crippen MR) is 110 cm³/mol. The van der Waals surface area contributed by atoms with Crippen LogP contribution in [0.25, 0.3) is 0 Å². The normalized spacial score (nSPS) is 17.8. The van der Waals surface area contributed by atoms with E-state index in [0.717, 1.165) is 29.6 Å². The maximum atomic E-state index is 12.9. The molecule has 1 aliphatic heterocycles. The van der Waals surface area contributed by atoms with Crippen molar-refractivity contribution in [3.05, 3.63) is 16.1 Å².